The van der Waals surface area contributed by atoms with Crippen LogP contribution >= 0.6 is 11.8 Å². The molecule has 4 N–H and O–H groups in total. The molecule has 2 aliphatic heterocycles. The molecule has 2 heterocycles. The Hall–Kier alpha value is -1.80. The highest BCUT2D eigenvalue weighted by Crippen LogP contribution is 2.68. The number of fused-ring (bicyclic) bond motifs is 6. The number of ether oxygens (including phenoxy) is 9. The van der Waals surface area contributed by atoms with Gasteiger partial charge in [-0.2, -0.15) is 11.8 Å². The number of aliphatic hydroxyl groups is 2. The lowest BCUT2D eigenvalue weighted by Crippen LogP contribution is -2.58. The van der Waals surface area contributed by atoms with E-state index in [0.717, 1.165) is 63.5 Å². The maximum absolute atomic E-state index is 12.7. The summed E-state index contributed by atoms with van der Waals surface area (Å²) in [5.74, 6) is 3.55. The molecule has 4 saturated carbocycles. The van der Waals surface area contributed by atoms with Crippen molar-refractivity contribution in [3.8, 4) is 0 Å². The fourth-order valence-corrected chi connectivity index (χ4v) is 15.4. The van der Waals surface area contributed by atoms with Crippen molar-refractivity contribution in [2.75, 3.05) is 111 Å². The number of unbranched alkanes of at least 4 members (excludes halogenated alkanes) is 1. The summed E-state index contributed by atoms with van der Waals surface area (Å²) in [5, 5.41) is 28.7. The van der Waals surface area contributed by atoms with Crippen LogP contribution in [0.3, 0.4) is 0 Å². The van der Waals surface area contributed by atoms with E-state index >= 15 is 0 Å². The van der Waals surface area contributed by atoms with Crippen molar-refractivity contribution in [3.63, 3.8) is 0 Å². The van der Waals surface area contributed by atoms with Gasteiger partial charge in [-0.05, 0) is 131 Å². The number of carbonyl (C=O) groups excluding carboxylic acids is 3. The molecule has 398 valence electrons. The highest BCUT2D eigenvalue weighted by atomic mass is 32.2. The van der Waals surface area contributed by atoms with Gasteiger partial charge in [-0.3, -0.25) is 9.59 Å². The quantitative estimate of drug-likeness (QED) is 0.0334. The molecule has 69 heavy (non-hydrogen) atoms. The van der Waals surface area contributed by atoms with E-state index in [1.807, 2.05) is 11.8 Å². The molecule has 6 rings (SSSR count). The van der Waals surface area contributed by atoms with Crippen LogP contribution in [0, 0.1) is 46.3 Å². The van der Waals surface area contributed by atoms with E-state index in [1.165, 1.54) is 19.3 Å². The van der Waals surface area contributed by atoms with Crippen LogP contribution in [0.1, 0.15) is 125 Å². The molecule has 17 heteroatoms. The Morgan fingerprint density at radius 1 is 0.652 bits per heavy atom. The van der Waals surface area contributed by atoms with Crippen molar-refractivity contribution in [1.29, 1.82) is 0 Å². The van der Waals surface area contributed by atoms with Gasteiger partial charge < -0.3 is 63.5 Å². The zero-order valence-electron chi connectivity index (χ0n) is 42.8. The van der Waals surface area contributed by atoms with Crippen LogP contribution in [0.2, 0.25) is 0 Å². The molecule has 0 aromatic heterocycles. The van der Waals surface area contributed by atoms with Gasteiger partial charge in [0, 0.05) is 23.8 Å². The number of esters is 2. The predicted molar refractivity (Wildman–Crippen MR) is 262 cm³/mol. The van der Waals surface area contributed by atoms with Crippen LogP contribution in [0.15, 0.2) is 0 Å². The van der Waals surface area contributed by atoms with Crippen molar-refractivity contribution in [3.05, 3.63) is 0 Å². The molecule has 6 aliphatic rings. The third-order valence-corrected chi connectivity index (χ3v) is 19.6. The lowest BCUT2D eigenvalue weighted by Gasteiger charge is -2.62. The highest BCUT2D eigenvalue weighted by molar-refractivity contribution is 8.00. The fourth-order valence-electron chi connectivity index (χ4n) is 13.5. The van der Waals surface area contributed by atoms with E-state index in [0.29, 0.717) is 146 Å². The Kier molecular flexibility index (Phi) is 22.5. The normalized spacial score (nSPS) is 35.1. The maximum Gasteiger partial charge on any atom is 0.315 e. The summed E-state index contributed by atoms with van der Waals surface area (Å²) in [6.45, 7) is 17.7. The van der Waals surface area contributed by atoms with Gasteiger partial charge in [0.05, 0.1) is 116 Å². The number of urea groups is 1. The average molecular weight is 999 g/mol. The minimum atomic E-state index is -0.314. The average Bonchev–Trinajstić information content (AvgIpc) is 3.89. The second-order valence-corrected chi connectivity index (χ2v) is 23.0. The van der Waals surface area contributed by atoms with E-state index < -0.39 is 0 Å². The second kappa shape index (κ2) is 27.5. The van der Waals surface area contributed by atoms with E-state index in [2.05, 4.69) is 45.3 Å². The van der Waals surface area contributed by atoms with Crippen molar-refractivity contribution in [2.24, 2.45) is 46.3 Å². The molecule has 0 radical (unpaired) electrons. The van der Waals surface area contributed by atoms with Crippen LogP contribution in [-0.2, 0) is 52.2 Å². The zero-order valence-corrected chi connectivity index (χ0v) is 43.6. The van der Waals surface area contributed by atoms with Crippen molar-refractivity contribution < 1.29 is 67.2 Å². The molecule has 13 atom stereocenters. The molecule has 16 nitrogen and oxygen atoms in total. The molecule has 1 unspecified atom stereocenters. The molecule has 4 aliphatic carbocycles. The summed E-state index contributed by atoms with van der Waals surface area (Å²) in [6.07, 6.45) is 12.2. The van der Waals surface area contributed by atoms with E-state index in [1.54, 1.807) is 0 Å². The first-order valence-corrected chi connectivity index (χ1v) is 27.7. The number of amides is 2. The van der Waals surface area contributed by atoms with Crippen LogP contribution in [0.4, 0.5) is 4.79 Å². The first-order chi connectivity index (χ1) is 33.2. The van der Waals surface area contributed by atoms with Crippen molar-refractivity contribution in [1.82, 2.24) is 10.6 Å². The summed E-state index contributed by atoms with van der Waals surface area (Å²) in [5.41, 5.74) is -0.372. The minimum absolute atomic E-state index is 0.0961. The first-order valence-electron chi connectivity index (χ1n) is 26.6. The second-order valence-electron chi connectivity index (χ2n) is 21.8. The van der Waals surface area contributed by atoms with Gasteiger partial charge in [0.15, 0.2) is 0 Å². The Bertz CT molecular complexity index is 1580. The molecule has 6 fully saturated rings. The van der Waals surface area contributed by atoms with Gasteiger partial charge >= 0.3 is 18.0 Å². The lowest BCUT2D eigenvalue weighted by molar-refractivity contribution is -0.175. The molecular weight excluding hydrogens is 909 g/mol. The standard InChI is InChI=1S/C52H90N2O14S/c1-37(41-13-14-42-40-12-11-38-34-39(55)16-17-49(38,2)43(40)35-44(56)51(41,42)4)10-15-47(58)68-33-31-66-29-27-64-25-23-62-21-19-60-18-20-61-22-24-63-26-28-65-30-32-67-46(57)9-7-6-8-45-52(5)50(3,36-69-45)53-48(59)54-52/h37-45,55-56H,6-36H2,1-5H3,(H2,53,54,59)/t37-,38-,39-,40+,41-,42+,43+,44?,45+,49+,50+,51-,52-/m1/s1. The summed E-state index contributed by atoms with van der Waals surface area (Å²) < 4.78 is 49.6. The van der Waals surface area contributed by atoms with Crippen LogP contribution < -0.4 is 10.6 Å². The number of carbonyl (C=O) groups is 3. The number of hydrogen-bond acceptors (Lipinski definition) is 15. The number of aliphatic hydroxyl groups excluding tert-OH is 2. The summed E-state index contributed by atoms with van der Waals surface area (Å²) >= 11 is 1.88. The molecule has 2 amide bonds. The summed E-state index contributed by atoms with van der Waals surface area (Å²) in [4.78, 5) is 36.7. The van der Waals surface area contributed by atoms with Crippen LogP contribution in [-0.4, -0.2) is 168 Å². The molecule has 2 saturated heterocycles. The van der Waals surface area contributed by atoms with Gasteiger partial charge in [0.25, 0.3) is 0 Å². The Morgan fingerprint density at radius 3 is 1.75 bits per heavy atom. The topological polar surface area (TPSA) is 199 Å². The Morgan fingerprint density at radius 2 is 1.19 bits per heavy atom. The monoisotopic (exact) mass is 999 g/mol. The summed E-state index contributed by atoms with van der Waals surface area (Å²) in [7, 11) is 0. The largest absolute Gasteiger partial charge is 0.463 e. The van der Waals surface area contributed by atoms with Gasteiger partial charge in [-0.25, -0.2) is 4.79 Å². The number of hydrogen-bond donors (Lipinski definition) is 4. The minimum Gasteiger partial charge on any atom is -0.463 e. The SMILES string of the molecule is C[C@H](CCC(=O)OCCOCCOCCOCCOCCOCCOCCOCCOC(=O)CCCC[C@@H]1SC[C@]2(C)NC(=O)N[C@]12C)[C@H]1CC[C@H]2[C@@H]3CC[C@@H]4C[C@H](O)CC[C@]4(C)[C@H]3CC(O)[C@]12C. The molecule has 0 aromatic rings. The van der Waals surface area contributed by atoms with Gasteiger partial charge in [0.2, 0.25) is 0 Å². The van der Waals surface area contributed by atoms with E-state index in [4.69, 9.17) is 42.6 Å². The Labute approximate surface area is 417 Å². The molecule has 0 spiro atoms. The lowest BCUT2D eigenvalue weighted by atomic mass is 9.43. The molecular formula is C52H90N2O14S. The molecule has 0 aromatic carbocycles. The van der Waals surface area contributed by atoms with Crippen molar-refractivity contribution in [2.45, 2.75) is 153 Å². The number of thioether (sulfide) groups is 1. The van der Waals surface area contributed by atoms with Gasteiger partial charge in [-0.15, -0.1) is 0 Å². The van der Waals surface area contributed by atoms with Crippen LogP contribution in [0.25, 0.3) is 0 Å². The molecule has 0 bridgehead atoms. The zero-order chi connectivity index (χ0) is 49.3. The third kappa shape index (κ3) is 14.9. The van der Waals surface area contributed by atoms with Crippen molar-refractivity contribution >= 4 is 29.7 Å². The smallest absolute Gasteiger partial charge is 0.315 e. The first kappa shape index (κ1) is 56.5. The number of nitrogens with one attached hydrogen (secondary N) is 2. The van der Waals surface area contributed by atoms with E-state index in [-0.39, 0.29) is 65.3 Å². The maximum atomic E-state index is 12.7. The van der Waals surface area contributed by atoms with Crippen LogP contribution in [0.5, 0.6) is 0 Å². The van der Waals surface area contributed by atoms with Gasteiger partial charge in [-0.1, -0.05) is 27.2 Å². The highest BCUT2D eigenvalue weighted by Gasteiger charge is 2.64. The van der Waals surface area contributed by atoms with Gasteiger partial charge in [0.1, 0.15) is 13.2 Å². The van der Waals surface area contributed by atoms with E-state index in [9.17, 15) is 24.6 Å². The number of rotatable bonds is 33. The predicted octanol–water partition coefficient (Wildman–Crippen LogP) is 6.10. The Balaban J connectivity index is 0.642. The fraction of sp³-hybridized carbons (Fsp3) is 0.942. The third-order valence-electron chi connectivity index (χ3n) is 17.7. The summed E-state index contributed by atoms with van der Waals surface area (Å²) in [6, 6.07) is -0.0961.